The Morgan fingerprint density at radius 1 is 1.57 bits per heavy atom. The van der Waals surface area contributed by atoms with Crippen LogP contribution >= 0.6 is 15.9 Å². The van der Waals surface area contributed by atoms with E-state index in [1.165, 1.54) is 13.2 Å². The molecule has 0 atom stereocenters. The van der Waals surface area contributed by atoms with Gasteiger partial charge in [-0.1, -0.05) is 0 Å². The van der Waals surface area contributed by atoms with Gasteiger partial charge in [-0.05, 0) is 28.1 Å². The van der Waals surface area contributed by atoms with Crippen molar-refractivity contribution in [3.63, 3.8) is 0 Å². The molecule has 5 heteroatoms. The first-order valence-corrected chi connectivity index (χ1v) is 4.57. The van der Waals surface area contributed by atoms with Crippen LogP contribution in [0.1, 0.15) is 10.4 Å². The van der Waals surface area contributed by atoms with Crippen LogP contribution in [0.3, 0.4) is 0 Å². The number of phenolic OH excluding ortho intramolecular Hbond substituents is 1. The van der Waals surface area contributed by atoms with E-state index in [2.05, 4.69) is 15.9 Å². The highest BCUT2D eigenvalue weighted by molar-refractivity contribution is 9.10. The summed E-state index contributed by atoms with van der Waals surface area (Å²) in [5, 5.41) is 9.38. The van der Waals surface area contributed by atoms with Gasteiger partial charge in [-0.3, -0.25) is 4.79 Å². The van der Waals surface area contributed by atoms with E-state index in [4.69, 9.17) is 9.47 Å². The zero-order chi connectivity index (χ0) is 10.6. The van der Waals surface area contributed by atoms with Crippen LogP contribution < -0.4 is 4.74 Å². The van der Waals surface area contributed by atoms with Crippen molar-refractivity contribution in [1.29, 1.82) is 0 Å². The number of carbonyl (C=O) groups is 1. The highest BCUT2D eigenvalue weighted by atomic mass is 79.9. The Hall–Kier alpha value is -1.07. The van der Waals surface area contributed by atoms with Gasteiger partial charge in [0.05, 0.1) is 10.0 Å². The first-order chi connectivity index (χ1) is 6.69. The molecule has 1 N–H and O–H groups in total. The maximum Gasteiger partial charge on any atom is 0.188 e. The molecule has 0 fully saturated rings. The molecule has 0 saturated heterocycles. The second-order valence-electron chi connectivity index (χ2n) is 2.51. The lowest BCUT2D eigenvalue weighted by Gasteiger charge is -2.07. The van der Waals surface area contributed by atoms with Crippen molar-refractivity contribution in [3.8, 4) is 11.5 Å². The van der Waals surface area contributed by atoms with Crippen LogP contribution in [0.5, 0.6) is 11.5 Å². The van der Waals surface area contributed by atoms with E-state index in [1.54, 1.807) is 6.07 Å². The number of ether oxygens (including phenoxy) is 2. The summed E-state index contributed by atoms with van der Waals surface area (Å²) in [6, 6.07) is 2.99. The molecular weight excluding hydrogens is 252 g/mol. The zero-order valence-electron chi connectivity index (χ0n) is 7.49. The minimum absolute atomic E-state index is 0.0928. The van der Waals surface area contributed by atoms with Crippen LogP contribution in [-0.4, -0.2) is 25.3 Å². The Morgan fingerprint density at radius 3 is 2.86 bits per heavy atom. The first kappa shape index (κ1) is 11.0. The summed E-state index contributed by atoms with van der Waals surface area (Å²) in [4.78, 5) is 10.5. The molecule has 0 aliphatic carbocycles. The second kappa shape index (κ2) is 4.97. The third kappa shape index (κ3) is 2.46. The maximum absolute atomic E-state index is 10.5. The number of aromatic hydroxyl groups is 1. The lowest BCUT2D eigenvalue weighted by Crippen LogP contribution is -1.99. The van der Waals surface area contributed by atoms with Gasteiger partial charge in [0.25, 0.3) is 0 Å². The summed E-state index contributed by atoms with van der Waals surface area (Å²) < 4.78 is 10.2. The average molecular weight is 261 g/mol. The summed E-state index contributed by atoms with van der Waals surface area (Å²) in [5.41, 5.74) is 0.172. The fourth-order valence-electron chi connectivity index (χ4n) is 0.895. The number of benzene rings is 1. The van der Waals surface area contributed by atoms with Gasteiger partial charge in [0, 0.05) is 7.11 Å². The maximum atomic E-state index is 10.5. The monoisotopic (exact) mass is 260 g/mol. The molecule has 0 unspecified atom stereocenters. The molecule has 0 aliphatic heterocycles. The fourth-order valence-corrected chi connectivity index (χ4v) is 1.35. The quantitative estimate of drug-likeness (QED) is 0.664. The Morgan fingerprint density at radius 2 is 2.29 bits per heavy atom. The Labute approximate surface area is 89.6 Å². The average Bonchev–Trinajstić information content (AvgIpc) is 2.19. The molecule has 0 bridgehead atoms. The largest absolute Gasteiger partial charge is 0.506 e. The second-order valence-corrected chi connectivity index (χ2v) is 3.37. The zero-order valence-corrected chi connectivity index (χ0v) is 9.08. The number of aldehydes is 1. The summed E-state index contributed by atoms with van der Waals surface area (Å²) in [6.45, 7) is 0.0928. The van der Waals surface area contributed by atoms with Crippen molar-refractivity contribution in [2.75, 3.05) is 13.9 Å². The van der Waals surface area contributed by atoms with Gasteiger partial charge in [-0.2, -0.15) is 0 Å². The molecule has 1 rings (SSSR count). The molecule has 76 valence electrons. The van der Waals surface area contributed by atoms with E-state index >= 15 is 0 Å². The minimum atomic E-state index is -0.0928. The van der Waals surface area contributed by atoms with Gasteiger partial charge in [0.2, 0.25) is 0 Å². The SMILES string of the molecule is COCOc1cc(Br)c(O)c(C=O)c1. The van der Waals surface area contributed by atoms with Crippen LogP contribution in [0.15, 0.2) is 16.6 Å². The first-order valence-electron chi connectivity index (χ1n) is 3.78. The number of hydrogen-bond donors (Lipinski definition) is 1. The van der Waals surface area contributed by atoms with E-state index in [-0.39, 0.29) is 18.1 Å². The number of phenols is 1. The number of halogens is 1. The van der Waals surface area contributed by atoms with E-state index in [9.17, 15) is 9.90 Å². The Balaban J connectivity index is 2.97. The van der Waals surface area contributed by atoms with Gasteiger partial charge in [0.15, 0.2) is 13.1 Å². The summed E-state index contributed by atoms with van der Waals surface area (Å²) in [5.74, 6) is 0.364. The lowest BCUT2D eigenvalue weighted by atomic mass is 10.2. The smallest absolute Gasteiger partial charge is 0.188 e. The van der Waals surface area contributed by atoms with E-state index in [1.807, 2.05) is 0 Å². The molecule has 1 aromatic rings. The number of methoxy groups -OCH3 is 1. The van der Waals surface area contributed by atoms with Crippen LogP contribution in [0.4, 0.5) is 0 Å². The third-order valence-electron chi connectivity index (χ3n) is 1.54. The molecule has 0 amide bonds. The third-order valence-corrected chi connectivity index (χ3v) is 2.14. The molecule has 0 aliphatic rings. The molecule has 0 heterocycles. The molecule has 0 saturated carbocycles. The van der Waals surface area contributed by atoms with Crippen LogP contribution in [-0.2, 0) is 4.74 Å². The van der Waals surface area contributed by atoms with E-state index in [0.29, 0.717) is 16.5 Å². The topological polar surface area (TPSA) is 55.8 Å². The van der Waals surface area contributed by atoms with E-state index in [0.717, 1.165) is 0 Å². The van der Waals surface area contributed by atoms with Crippen LogP contribution in [0, 0.1) is 0 Å². The molecule has 0 spiro atoms. The molecule has 1 aromatic carbocycles. The fraction of sp³-hybridized carbons (Fsp3) is 0.222. The summed E-state index contributed by atoms with van der Waals surface area (Å²) >= 11 is 3.10. The number of rotatable bonds is 4. The van der Waals surface area contributed by atoms with Crippen molar-refractivity contribution in [1.82, 2.24) is 0 Å². The van der Waals surface area contributed by atoms with Gasteiger partial charge in [-0.15, -0.1) is 0 Å². The highest BCUT2D eigenvalue weighted by Crippen LogP contribution is 2.31. The number of hydrogen-bond acceptors (Lipinski definition) is 4. The van der Waals surface area contributed by atoms with Crippen molar-refractivity contribution < 1.29 is 19.4 Å². The molecule has 14 heavy (non-hydrogen) atoms. The Bertz CT molecular complexity index is 338. The standard InChI is InChI=1S/C9H9BrO4/c1-13-5-14-7-2-6(4-11)9(12)8(10)3-7/h2-4,12H,5H2,1H3. The van der Waals surface area contributed by atoms with E-state index < -0.39 is 0 Å². The van der Waals surface area contributed by atoms with Crippen molar-refractivity contribution in [3.05, 3.63) is 22.2 Å². The lowest BCUT2D eigenvalue weighted by molar-refractivity contribution is 0.0509. The van der Waals surface area contributed by atoms with Crippen LogP contribution in [0.2, 0.25) is 0 Å². The van der Waals surface area contributed by atoms with Crippen molar-refractivity contribution in [2.24, 2.45) is 0 Å². The van der Waals surface area contributed by atoms with Gasteiger partial charge < -0.3 is 14.6 Å². The van der Waals surface area contributed by atoms with Gasteiger partial charge >= 0.3 is 0 Å². The highest BCUT2D eigenvalue weighted by Gasteiger charge is 2.07. The van der Waals surface area contributed by atoms with Gasteiger partial charge in [0.1, 0.15) is 11.5 Å². The Kier molecular flexibility index (Phi) is 3.91. The molecule has 0 aromatic heterocycles. The normalized spacial score (nSPS) is 9.86. The predicted molar refractivity (Wildman–Crippen MR) is 53.7 cm³/mol. The summed E-state index contributed by atoms with van der Waals surface area (Å²) in [6.07, 6.45) is 0.555. The van der Waals surface area contributed by atoms with Gasteiger partial charge in [-0.25, -0.2) is 0 Å². The summed E-state index contributed by atoms with van der Waals surface area (Å²) in [7, 11) is 1.50. The molecule has 0 radical (unpaired) electrons. The minimum Gasteiger partial charge on any atom is -0.506 e. The van der Waals surface area contributed by atoms with Crippen molar-refractivity contribution in [2.45, 2.75) is 0 Å². The van der Waals surface area contributed by atoms with Crippen LogP contribution in [0.25, 0.3) is 0 Å². The molecule has 4 nitrogen and oxygen atoms in total. The number of carbonyl (C=O) groups excluding carboxylic acids is 1. The molecular formula is C9H9BrO4. The van der Waals surface area contributed by atoms with Crippen molar-refractivity contribution >= 4 is 22.2 Å². The predicted octanol–water partition coefficient (Wildman–Crippen LogP) is 1.95.